The summed E-state index contributed by atoms with van der Waals surface area (Å²) >= 11 is 0. The molecule has 2 aromatic heterocycles. The van der Waals surface area contributed by atoms with Crippen molar-refractivity contribution in [1.29, 1.82) is 0 Å². The highest BCUT2D eigenvalue weighted by Gasteiger charge is 2.09. The molecule has 6 nitrogen and oxygen atoms in total. The maximum atomic E-state index is 12.2. The van der Waals surface area contributed by atoms with Gasteiger partial charge in [-0.15, -0.1) is 0 Å². The van der Waals surface area contributed by atoms with Crippen LogP contribution in [0.5, 0.6) is 0 Å². The van der Waals surface area contributed by atoms with E-state index in [9.17, 15) is 4.79 Å². The van der Waals surface area contributed by atoms with Crippen LogP contribution in [0, 0.1) is 0 Å². The summed E-state index contributed by atoms with van der Waals surface area (Å²) in [6.07, 6.45) is 5.46. The van der Waals surface area contributed by atoms with Gasteiger partial charge in [0.2, 0.25) is 0 Å². The van der Waals surface area contributed by atoms with Gasteiger partial charge < -0.3 is 10.6 Å². The second kappa shape index (κ2) is 7.42. The van der Waals surface area contributed by atoms with Crippen LogP contribution < -0.4 is 10.6 Å². The number of aryl methyl sites for hydroxylation is 1. The van der Waals surface area contributed by atoms with Gasteiger partial charge in [-0.25, -0.2) is 4.98 Å². The van der Waals surface area contributed by atoms with Gasteiger partial charge in [0.25, 0.3) is 5.91 Å². The van der Waals surface area contributed by atoms with Crippen molar-refractivity contribution in [1.82, 2.24) is 20.1 Å². The van der Waals surface area contributed by atoms with Gasteiger partial charge in [-0.05, 0) is 24.6 Å². The smallest absolute Gasteiger partial charge is 0.251 e. The van der Waals surface area contributed by atoms with Gasteiger partial charge in [0.05, 0.1) is 6.54 Å². The minimum atomic E-state index is -0.0848. The molecule has 0 atom stereocenters. The zero-order valence-electron chi connectivity index (χ0n) is 12.5. The number of carbonyl (C=O) groups is 1. The molecule has 0 aliphatic heterocycles. The molecule has 112 valence electrons. The van der Waals surface area contributed by atoms with E-state index in [1.807, 2.05) is 18.3 Å². The van der Waals surface area contributed by atoms with E-state index >= 15 is 0 Å². The minimum Gasteiger partial charge on any atom is -0.373 e. The molecule has 0 spiro atoms. The Morgan fingerprint density at radius 2 is 2.24 bits per heavy atom. The number of hydrogen-bond donors (Lipinski definition) is 2. The van der Waals surface area contributed by atoms with Gasteiger partial charge in [0.15, 0.2) is 0 Å². The molecule has 1 amide bonds. The Bertz CT molecular complexity index is 580. The third-order valence-corrected chi connectivity index (χ3v) is 3.09. The Balaban J connectivity index is 1.98. The minimum absolute atomic E-state index is 0.0848. The number of aromatic nitrogens is 3. The van der Waals surface area contributed by atoms with Crippen LogP contribution in [0.3, 0.4) is 0 Å². The van der Waals surface area contributed by atoms with Crippen LogP contribution in [0.15, 0.2) is 30.6 Å². The summed E-state index contributed by atoms with van der Waals surface area (Å²) in [4.78, 5) is 16.6. The molecule has 2 heterocycles. The molecule has 0 aromatic carbocycles. The Labute approximate surface area is 124 Å². The van der Waals surface area contributed by atoms with Crippen molar-refractivity contribution in [2.24, 2.45) is 0 Å². The summed E-state index contributed by atoms with van der Waals surface area (Å²) in [6.45, 7) is 3.29. The van der Waals surface area contributed by atoms with Crippen molar-refractivity contribution in [2.75, 3.05) is 18.9 Å². The fraction of sp³-hybridized carbons (Fsp3) is 0.400. The number of nitrogens with zero attached hydrogens (tertiary/aromatic N) is 3. The predicted octanol–water partition coefficient (Wildman–Crippen LogP) is 1.70. The number of hydrogen-bond acceptors (Lipinski definition) is 4. The van der Waals surface area contributed by atoms with Crippen LogP contribution in [0.2, 0.25) is 0 Å². The molecule has 0 radical (unpaired) electrons. The first-order valence-corrected chi connectivity index (χ1v) is 7.17. The Morgan fingerprint density at radius 3 is 2.90 bits per heavy atom. The number of carbonyl (C=O) groups excluding carboxylic acids is 1. The van der Waals surface area contributed by atoms with Crippen LogP contribution in [0.25, 0.3) is 0 Å². The fourth-order valence-corrected chi connectivity index (χ4v) is 2.05. The second-order valence-corrected chi connectivity index (χ2v) is 4.76. The van der Waals surface area contributed by atoms with E-state index in [-0.39, 0.29) is 5.91 Å². The maximum absolute atomic E-state index is 12.2. The molecular weight excluding hydrogens is 266 g/mol. The zero-order chi connectivity index (χ0) is 15.1. The maximum Gasteiger partial charge on any atom is 0.251 e. The molecule has 2 N–H and O–H groups in total. The topological polar surface area (TPSA) is 71.8 Å². The summed E-state index contributed by atoms with van der Waals surface area (Å²) in [5, 5.41) is 9.99. The third-order valence-electron chi connectivity index (χ3n) is 3.09. The first-order chi connectivity index (χ1) is 10.2. The molecule has 0 bridgehead atoms. The summed E-state index contributed by atoms with van der Waals surface area (Å²) < 4.78 is 1.79. The van der Waals surface area contributed by atoms with E-state index in [2.05, 4.69) is 27.6 Å². The largest absolute Gasteiger partial charge is 0.373 e. The van der Waals surface area contributed by atoms with Crippen molar-refractivity contribution in [3.8, 4) is 0 Å². The molecule has 0 aliphatic carbocycles. The van der Waals surface area contributed by atoms with E-state index < -0.39 is 0 Å². The van der Waals surface area contributed by atoms with Gasteiger partial charge in [-0.3, -0.25) is 9.48 Å². The monoisotopic (exact) mass is 287 g/mol. The highest BCUT2D eigenvalue weighted by molar-refractivity contribution is 5.95. The van der Waals surface area contributed by atoms with Crippen LogP contribution in [-0.4, -0.2) is 34.3 Å². The summed E-state index contributed by atoms with van der Waals surface area (Å²) in [5.74, 6) is 0.636. The summed E-state index contributed by atoms with van der Waals surface area (Å²) in [5.41, 5.74) is 1.57. The second-order valence-electron chi connectivity index (χ2n) is 4.76. The lowest BCUT2D eigenvalue weighted by molar-refractivity contribution is 0.0951. The number of pyridine rings is 1. The van der Waals surface area contributed by atoms with Gasteiger partial charge >= 0.3 is 0 Å². The highest BCUT2D eigenvalue weighted by Crippen LogP contribution is 2.11. The fourth-order valence-electron chi connectivity index (χ4n) is 2.05. The molecule has 2 rings (SSSR count). The molecule has 0 saturated carbocycles. The van der Waals surface area contributed by atoms with Crippen molar-refractivity contribution in [2.45, 2.75) is 26.3 Å². The molecule has 21 heavy (non-hydrogen) atoms. The molecule has 0 saturated heterocycles. The van der Waals surface area contributed by atoms with Crippen LogP contribution in [0.4, 0.5) is 5.82 Å². The molecular formula is C15H21N5O. The highest BCUT2D eigenvalue weighted by atomic mass is 16.1. The van der Waals surface area contributed by atoms with Crippen molar-refractivity contribution < 1.29 is 4.79 Å². The van der Waals surface area contributed by atoms with Gasteiger partial charge in [-0.2, -0.15) is 5.10 Å². The third kappa shape index (κ3) is 4.30. The predicted molar refractivity (Wildman–Crippen MR) is 82.3 cm³/mol. The Hall–Kier alpha value is -2.37. The van der Waals surface area contributed by atoms with Gasteiger partial charge in [-0.1, -0.05) is 13.3 Å². The average Bonchev–Trinajstić information content (AvgIpc) is 3.00. The molecule has 0 aliphatic rings. The standard InChI is InChI=1S/C15H21N5O/c1-3-5-13-10-12(11-14(16-2)19-13)15(21)17-7-9-20-8-4-6-18-20/h4,6,8,10-11H,3,5,7,9H2,1-2H3,(H,16,19)(H,17,21). The first kappa shape index (κ1) is 15.0. The van der Waals surface area contributed by atoms with Crippen LogP contribution >= 0.6 is 0 Å². The van der Waals surface area contributed by atoms with Crippen molar-refractivity contribution >= 4 is 11.7 Å². The van der Waals surface area contributed by atoms with Crippen molar-refractivity contribution in [3.63, 3.8) is 0 Å². The first-order valence-electron chi connectivity index (χ1n) is 7.17. The van der Waals surface area contributed by atoms with E-state index in [1.54, 1.807) is 24.0 Å². The number of nitrogens with one attached hydrogen (secondary N) is 2. The van der Waals surface area contributed by atoms with Gasteiger partial charge in [0.1, 0.15) is 5.82 Å². The molecule has 0 fully saturated rings. The number of rotatable bonds is 7. The Morgan fingerprint density at radius 1 is 1.38 bits per heavy atom. The lowest BCUT2D eigenvalue weighted by Crippen LogP contribution is -2.27. The summed E-state index contributed by atoms with van der Waals surface area (Å²) in [6, 6.07) is 5.48. The lowest BCUT2D eigenvalue weighted by Gasteiger charge is -2.09. The summed E-state index contributed by atoms with van der Waals surface area (Å²) in [7, 11) is 1.80. The van der Waals surface area contributed by atoms with Crippen molar-refractivity contribution in [3.05, 3.63) is 41.9 Å². The molecule has 0 unspecified atom stereocenters. The van der Waals surface area contributed by atoms with E-state index in [4.69, 9.17) is 0 Å². The number of anilines is 1. The van der Waals surface area contributed by atoms with Crippen LogP contribution in [0.1, 0.15) is 29.4 Å². The normalized spacial score (nSPS) is 10.4. The zero-order valence-corrected chi connectivity index (χ0v) is 12.5. The quantitative estimate of drug-likeness (QED) is 0.813. The van der Waals surface area contributed by atoms with E-state index in [0.29, 0.717) is 18.7 Å². The molecule has 6 heteroatoms. The average molecular weight is 287 g/mol. The van der Waals surface area contributed by atoms with E-state index in [1.165, 1.54) is 0 Å². The number of amides is 1. The van der Waals surface area contributed by atoms with Gasteiger partial charge in [0, 0.05) is 37.2 Å². The SMILES string of the molecule is CCCc1cc(C(=O)NCCn2cccn2)cc(NC)n1. The van der Waals surface area contributed by atoms with Crippen LogP contribution in [-0.2, 0) is 13.0 Å². The Kier molecular flexibility index (Phi) is 5.31. The van der Waals surface area contributed by atoms with E-state index in [0.717, 1.165) is 24.4 Å². The molecule has 2 aromatic rings. The lowest BCUT2D eigenvalue weighted by atomic mass is 10.1.